The maximum atomic E-state index is 13.3. The molecule has 2 aromatic heterocycles. The fraction of sp³-hybridized carbons (Fsp3) is 0.250. The topological polar surface area (TPSA) is 81.5 Å². The molecule has 0 saturated carbocycles. The Hall–Kier alpha value is -3.52. The minimum Gasteiger partial charge on any atom is -0.463 e. The summed E-state index contributed by atoms with van der Waals surface area (Å²) in [4.78, 5) is 44.5. The van der Waals surface area contributed by atoms with Gasteiger partial charge >= 0.3 is 5.97 Å². The summed E-state index contributed by atoms with van der Waals surface area (Å²) < 4.78 is 7.11. The van der Waals surface area contributed by atoms with Crippen molar-refractivity contribution in [2.75, 3.05) is 11.5 Å². The number of aromatic nitrogens is 2. The number of para-hydroxylation sites is 1. The predicted molar refractivity (Wildman–Crippen MR) is 124 cm³/mol. The van der Waals surface area contributed by atoms with Gasteiger partial charge in [-0.2, -0.15) is 0 Å². The number of carbonyl (C=O) groups excluding carboxylic acids is 2. The smallest absolute Gasteiger partial charge is 0.333 e. The minimum atomic E-state index is -0.556. The summed E-state index contributed by atoms with van der Waals surface area (Å²) in [6.07, 6.45) is 5.32. The molecule has 1 aromatic carbocycles. The second-order valence-corrected chi connectivity index (χ2v) is 8.50. The maximum Gasteiger partial charge on any atom is 0.333 e. The van der Waals surface area contributed by atoms with Gasteiger partial charge in [-0.15, -0.1) is 11.3 Å². The Bertz CT molecular complexity index is 1330. The van der Waals surface area contributed by atoms with E-state index in [1.54, 1.807) is 36.2 Å². The van der Waals surface area contributed by atoms with Crippen molar-refractivity contribution in [2.45, 2.75) is 32.9 Å². The first-order valence-corrected chi connectivity index (χ1v) is 11.2. The van der Waals surface area contributed by atoms with Crippen molar-refractivity contribution in [2.24, 2.45) is 0 Å². The van der Waals surface area contributed by atoms with Crippen LogP contribution < -0.4 is 19.7 Å². The van der Waals surface area contributed by atoms with Crippen LogP contribution >= 0.6 is 11.3 Å². The zero-order valence-corrected chi connectivity index (χ0v) is 18.7. The molecule has 3 heterocycles. The molecule has 0 spiro atoms. The van der Waals surface area contributed by atoms with Gasteiger partial charge in [-0.05, 0) is 50.1 Å². The lowest BCUT2D eigenvalue weighted by molar-refractivity contribution is -0.135. The number of hydrogen-bond donors (Lipinski definition) is 0. The van der Waals surface area contributed by atoms with E-state index in [-0.39, 0.29) is 30.7 Å². The van der Waals surface area contributed by atoms with Gasteiger partial charge < -0.3 is 9.64 Å². The number of hydrogen-bond acceptors (Lipinski definition) is 6. The lowest BCUT2D eigenvalue weighted by Gasteiger charge is -2.22. The highest BCUT2D eigenvalue weighted by atomic mass is 32.1. The van der Waals surface area contributed by atoms with Crippen molar-refractivity contribution < 1.29 is 14.3 Å². The molecule has 0 fully saturated rings. The van der Waals surface area contributed by atoms with Gasteiger partial charge in [-0.3, -0.25) is 19.1 Å². The average Bonchev–Trinajstić information content (AvgIpc) is 3.25. The molecule has 3 aromatic rings. The standard InChI is InChI=1S/C24H23N3O4S/c1-3-31-23(29)14-22-26(24(30)20(32-22)13-18-9-6-7-11-25-18)15-21(28)27-16(2)12-17-8-4-5-10-19(17)27/h4-11,13-14,16H,3,12,15H2,1-2H3. The minimum absolute atomic E-state index is 0.00808. The quantitative estimate of drug-likeness (QED) is 0.551. The monoisotopic (exact) mass is 449 g/mol. The van der Waals surface area contributed by atoms with Crippen molar-refractivity contribution in [3.8, 4) is 0 Å². The number of anilines is 1. The summed E-state index contributed by atoms with van der Waals surface area (Å²) in [5.74, 6) is -0.760. The molecular formula is C24H23N3O4S. The molecule has 164 valence electrons. The van der Waals surface area contributed by atoms with Crippen molar-refractivity contribution in [3.05, 3.63) is 79.5 Å². The Morgan fingerprint density at radius 2 is 2.00 bits per heavy atom. The normalized spacial score (nSPS) is 16.3. The predicted octanol–water partition coefficient (Wildman–Crippen LogP) is 1.45. The SMILES string of the molecule is CCOC(=O)C=c1sc(=Cc2ccccn2)c(=O)n1CC(=O)N1c2ccccc2CC1C. The van der Waals surface area contributed by atoms with Crippen molar-refractivity contribution in [1.29, 1.82) is 0 Å². The van der Waals surface area contributed by atoms with Crippen LogP contribution in [0.3, 0.4) is 0 Å². The number of pyridine rings is 1. The van der Waals surface area contributed by atoms with E-state index in [1.807, 2.05) is 37.3 Å². The number of benzene rings is 1. The van der Waals surface area contributed by atoms with Crippen molar-refractivity contribution >= 4 is 41.1 Å². The van der Waals surface area contributed by atoms with Gasteiger partial charge in [0.05, 0.1) is 22.9 Å². The first-order valence-electron chi connectivity index (χ1n) is 10.4. The Morgan fingerprint density at radius 3 is 2.75 bits per heavy atom. The van der Waals surface area contributed by atoms with Crippen LogP contribution in [0.1, 0.15) is 25.1 Å². The third-order valence-corrected chi connectivity index (χ3v) is 6.26. The van der Waals surface area contributed by atoms with E-state index < -0.39 is 5.97 Å². The van der Waals surface area contributed by atoms with Crippen LogP contribution in [0.2, 0.25) is 0 Å². The molecule has 1 aliphatic heterocycles. The molecule has 8 heteroatoms. The van der Waals surface area contributed by atoms with E-state index in [0.29, 0.717) is 14.9 Å². The Kier molecular flexibility index (Phi) is 6.32. The van der Waals surface area contributed by atoms with Crippen LogP contribution in [0, 0.1) is 0 Å². The van der Waals surface area contributed by atoms with Crippen LogP contribution in [-0.4, -0.2) is 34.1 Å². The molecule has 0 aliphatic carbocycles. The summed E-state index contributed by atoms with van der Waals surface area (Å²) in [6, 6.07) is 13.2. The van der Waals surface area contributed by atoms with E-state index in [2.05, 4.69) is 4.98 Å². The molecule has 1 unspecified atom stereocenters. The van der Waals surface area contributed by atoms with Crippen LogP contribution in [0.15, 0.2) is 53.5 Å². The summed E-state index contributed by atoms with van der Waals surface area (Å²) in [7, 11) is 0. The number of amides is 1. The lowest BCUT2D eigenvalue weighted by atomic mass is 10.1. The first-order chi connectivity index (χ1) is 15.5. The van der Waals surface area contributed by atoms with Crippen LogP contribution in [-0.2, 0) is 27.3 Å². The summed E-state index contributed by atoms with van der Waals surface area (Å²) in [6.45, 7) is 3.75. The van der Waals surface area contributed by atoms with Gasteiger partial charge in [0.25, 0.3) is 5.56 Å². The summed E-state index contributed by atoms with van der Waals surface area (Å²) >= 11 is 1.13. The number of fused-ring (bicyclic) bond motifs is 1. The van der Waals surface area contributed by atoms with Crippen LogP contribution in [0.4, 0.5) is 5.69 Å². The number of rotatable bonds is 5. The first kappa shape index (κ1) is 21.7. The Morgan fingerprint density at radius 1 is 1.22 bits per heavy atom. The summed E-state index contributed by atoms with van der Waals surface area (Å²) in [5.41, 5.74) is 2.25. The van der Waals surface area contributed by atoms with Crippen LogP contribution in [0.5, 0.6) is 0 Å². The fourth-order valence-electron chi connectivity index (χ4n) is 3.83. The highest BCUT2D eigenvalue weighted by Gasteiger charge is 2.30. The van der Waals surface area contributed by atoms with E-state index in [9.17, 15) is 14.4 Å². The molecule has 0 radical (unpaired) electrons. The summed E-state index contributed by atoms with van der Waals surface area (Å²) in [5, 5.41) is 0. The molecule has 32 heavy (non-hydrogen) atoms. The zero-order chi connectivity index (χ0) is 22.7. The molecule has 4 rings (SSSR count). The number of carbonyl (C=O) groups is 2. The highest BCUT2D eigenvalue weighted by Crippen LogP contribution is 2.31. The van der Waals surface area contributed by atoms with Crippen molar-refractivity contribution in [3.63, 3.8) is 0 Å². The van der Waals surface area contributed by atoms with Gasteiger partial charge in [0.15, 0.2) is 0 Å². The molecular weight excluding hydrogens is 426 g/mol. The molecule has 0 N–H and O–H groups in total. The highest BCUT2D eigenvalue weighted by molar-refractivity contribution is 7.07. The molecule has 1 atom stereocenters. The fourth-order valence-corrected chi connectivity index (χ4v) is 4.85. The molecule has 7 nitrogen and oxygen atoms in total. The van der Waals surface area contributed by atoms with E-state index >= 15 is 0 Å². The number of nitrogens with zero attached hydrogens (tertiary/aromatic N) is 3. The zero-order valence-electron chi connectivity index (χ0n) is 17.9. The van der Waals surface area contributed by atoms with E-state index in [0.717, 1.165) is 29.0 Å². The van der Waals surface area contributed by atoms with Gasteiger partial charge in [-0.1, -0.05) is 24.3 Å². The largest absolute Gasteiger partial charge is 0.463 e. The molecule has 0 bridgehead atoms. The average molecular weight is 450 g/mol. The maximum absolute atomic E-state index is 13.3. The van der Waals surface area contributed by atoms with Gasteiger partial charge in [0, 0.05) is 17.9 Å². The van der Waals surface area contributed by atoms with Gasteiger partial charge in [-0.25, -0.2) is 4.79 Å². The third-order valence-electron chi connectivity index (χ3n) is 5.20. The number of esters is 1. The second-order valence-electron chi connectivity index (χ2n) is 7.44. The van der Waals surface area contributed by atoms with Crippen molar-refractivity contribution in [1.82, 2.24) is 9.55 Å². The molecule has 0 saturated heterocycles. The lowest BCUT2D eigenvalue weighted by Crippen LogP contribution is -2.42. The van der Waals surface area contributed by atoms with Gasteiger partial charge in [0.1, 0.15) is 11.2 Å². The van der Waals surface area contributed by atoms with E-state index in [4.69, 9.17) is 4.74 Å². The van der Waals surface area contributed by atoms with Gasteiger partial charge in [0.2, 0.25) is 5.91 Å². The van der Waals surface area contributed by atoms with E-state index in [1.165, 1.54) is 10.6 Å². The third kappa shape index (κ3) is 4.40. The Balaban J connectivity index is 1.76. The van der Waals surface area contributed by atoms with Crippen LogP contribution in [0.25, 0.3) is 12.2 Å². The Labute approximate surface area is 188 Å². The second kappa shape index (κ2) is 9.32. The number of ether oxygens (including phenoxy) is 1. The number of thiazole rings is 1. The molecule has 1 amide bonds. The molecule has 1 aliphatic rings.